The average Bonchev–Trinajstić information content (AvgIpc) is 2.42. The van der Waals surface area contributed by atoms with Gasteiger partial charge in [0.15, 0.2) is 5.69 Å². The molecule has 1 aliphatic rings. The second-order valence-corrected chi connectivity index (χ2v) is 3.28. The lowest BCUT2D eigenvalue weighted by Crippen LogP contribution is -2.28. The third-order valence-electron chi connectivity index (χ3n) is 2.33. The highest BCUT2D eigenvalue weighted by Gasteiger charge is 2.29. The van der Waals surface area contributed by atoms with Crippen LogP contribution >= 0.6 is 0 Å². The van der Waals surface area contributed by atoms with Crippen molar-refractivity contribution < 1.29 is 15.0 Å². The van der Waals surface area contributed by atoms with Crippen LogP contribution in [0.1, 0.15) is 27.8 Å². The summed E-state index contributed by atoms with van der Waals surface area (Å²) in [5.41, 5.74) is 1.14. The molecule has 76 valence electrons. The van der Waals surface area contributed by atoms with Crippen LogP contribution in [-0.2, 0) is 13.6 Å². The van der Waals surface area contributed by atoms with Crippen molar-refractivity contribution in [2.75, 3.05) is 6.54 Å². The molecule has 1 unspecified atom stereocenters. The zero-order valence-electron chi connectivity index (χ0n) is 7.69. The Labute approximate surface area is 80.2 Å². The van der Waals surface area contributed by atoms with E-state index in [0.717, 1.165) is 0 Å². The lowest BCUT2D eigenvalue weighted by Gasteiger charge is -2.17. The minimum Gasteiger partial charge on any atom is -0.477 e. The first-order valence-corrected chi connectivity index (χ1v) is 4.29. The summed E-state index contributed by atoms with van der Waals surface area (Å²) >= 11 is 0. The van der Waals surface area contributed by atoms with Crippen molar-refractivity contribution in [3.8, 4) is 0 Å². The van der Waals surface area contributed by atoms with Gasteiger partial charge in [-0.2, -0.15) is 5.10 Å². The molecule has 2 heterocycles. The summed E-state index contributed by atoms with van der Waals surface area (Å²) in [6.07, 6.45) is -0.779. The number of carbonyl (C=O) groups is 1. The van der Waals surface area contributed by atoms with Crippen LogP contribution in [0.5, 0.6) is 0 Å². The Hall–Kier alpha value is -1.40. The fraction of sp³-hybridized carbons (Fsp3) is 0.500. The normalized spacial score (nSPS) is 20.6. The summed E-state index contributed by atoms with van der Waals surface area (Å²) < 4.78 is 1.29. The van der Waals surface area contributed by atoms with Gasteiger partial charge in [-0.25, -0.2) is 4.79 Å². The minimum atomic E-state index is -1.05. The summed E-state index contributed by atoms with van der Waals surface area (Å²) in [7, 11) is 1.56. The van der Waals surface area contributed by atoms with Crippen molar-refractivity contribution in [1.29, 1.82) is 0 Å². The van der Waals surface area contributed by atoms with Crippen LogP contribution in [0.15, 0.2) is 0 Å². The van der Waals surface area contributed by atoms with Crippen molar-refractivity contribution in [3.05, 3.63) is 17.0 Å². The number of aliphatic hydroxyl groups excluding tert-OH is 1. The molecule has 3 N–H and O–H groups in total. The van der Waals surface area contributed by atoms with Gasteiger partial charge in [0.25, 0.3) is 0 Å². The molecule has 1 aromatic rings. The first-order chi connectivity index (χ1) is 6.61. The number of rotatable bonds is 1. The number of carboxylic acids is 1. The van der Waals surface area contributed by atoms with Gasteiger partial charge >= 0.3 is 5.97 Å². The van der Waals surface area contributed by atoms with Gasteiger partial charge in [0.2, 0.25) is 0 Å². The van der Waals surface area contributed by atoms with E-state index >= 15 is 0 Å². The molecular formula is C8H11N3O3. The summed E-state index contributed by atoms with van der Waals surface area (Å²) in [5, 5.41) is 25.5. The largest absolute Gasteiger partial charge is 0.477 e. The van der Waals surface area contributed by atoms with Crippen molar-refractivity contribution in [2.45, 2.75) is 12.6 Å². The molecule has 1 atom stereocenters. The van der Waals surface area contributed by atoms with Gasteiger partial charge in [-0.05, 0) is 0 Å². The van der Waals surface area contributed by atoms with E-state index in [-0.39, 0.29) is 5.69 Å². The Kier molecular flexibility index (Phi) is 2.01. The van der Waals surface area contributed by atoms with Crippen molar-refractivity contribution in [3.63, 3.8) is 0 Å². The van der Waals surface area contributed by atoms with Crippen molar-refractivity contribution >= 4 is 5.97 Å². The molecule has 0 fully saturated rings. The number of carboxylic acid groups (broad SMARTS) is 1. The van der Waals surface area contributed by atoms with Gasteiger partial charge in [-0.1, -0.05) is 0 Å². The Balaban J connectivity index is 2.59. The van der Waals surface area contributed by atoms with Crippen LogP contribution in [0.25, 0.3) is 0 Å². The molecule has 1 aliphatic heterocycles. The molecular weight excluding hydrogens is 186 g/mol. The summed E-state index contributed by atoms with van der Waals surface area (Å²) in [4.78, 5) is 10.9. The molecule has 0 aliphatic carbocycles. The lowest BCUT2D eigenvalue weighted by molar-refractivity contribution is 0.0676. The highest BCUT2D eigenvalue weighted by molar-refractivity contribution is 5.88. The molecule has 0 radical (unpaired) electrons. The van der Waals surface area contributed by atoms with Crippen LogP contribution in [0.2, 0.25) is 0 Å². The fourth-order valence-electron chi connectivity index (χ4n) is 1.76. The van der Waals surface area contributed by atoms with Crippen molar-refractivity contribution in [1.82, 2.24) is 15.1 Å². The van der Waals surface area contributed by atoms with Crippen LogP contribution in [-0.4, -0.2) is 32.5 Å². The highest BCUT2D eigenvalue weighted by atomic mass is 16.4. The van der Waals surface area contributed by atoms with Gasteiger partial charge in [0, 0.05) is 25.7 Å². The maximum absolute atomic E-state index is 10.9. The lowest BCUT2D eigenvalue weighted by atomic mass is 10.0. The number of nitrogens with zero attached hydrogens (tertiary/aromatic N) is 2. The topological polar surface area (TPSA) is 87.4 Å². The van der Waals surface area contributed by atoms with Crippen LogP contribution < -0.4 is 5.32 Å². The number of hydrogen-bond donors (Lipinski definition) is 3. The highest BCUT2D eigenvalue weighted by Crippen LogP contribution is 2.24. The van der Waals surface area contributed by atoms with E-state index in [4.69, 9.17) is 5.11 Å². The predicted octanol–water partition coefficient (Wildman–Crippen LogP) is -0.745. The molecule has 6 heteroatoms. The molecule has 2 rings (SSSR count). The third-order valence-corrected chi connectivity index (χ3v) is 2.33. The van der Waals surface area contributed by atoms with E-state index in [1.54, 1.807) is 7.05 Å². The van der Waals surface area contributed by atoms with E-state index in [1.807, 2.05) is 0 Å². The Morgan fingerprint density at radius 3 is 3.07 bits per heavy atom. The van der Waals surface area contributed by atoms with E-state index in [1.165, 1.54) is 4.68 Å². The molecule has 1 aromatic heterocycles. The van der Waals surface area contributed by atoms with Gasteiger partial charge in [0.05, 0.1) is 11.8 Å². The van der Waals surface area contributed by atoms with Crippen LogP contribution in [0.3, 0.4) is 0 Å². The summed E-state index contributed by atoms with van der Waals surface area (Å²) in [6, 6.07) is 0. The number of aromatic carboxylic acids is 1. The first kappa shape index (κ1) is 9.17. The van der Waals surface area contributed by atoms with Crippen molar-refractivity contribution in [2.24, 2.45) is 7.05 Å². The number of aryl methyl sites for hydroxylation is 1. The minimum absolute atomic E-state index is 0.0778. The predicted molar refractivity (Wildman–Crippen MR) is 46.8 cm³/mol. The number of β-amino-alcohol motifs (C(OH)–C–C–N with tert-alkyl or cyclic N) is 1. The number of hydrogen-bond acceptors (Lipinski definition) is 4. The van der Waals surface area contributed by atoms with Crippen LogP contribution in [0.4, 0.5) is 0 Å². The van der Waals surface area contributed by atoms with Gasteiger partial charge < -0.3 is 15.5 Å². The maximum atomic E-state index is 10.9. The molecule has 6 nitrogen and oxygen atoms in total. The molecule has 0 spiro atoms. The molecule has 0 amide bonds. The van der Waals surface area contributed by atoms with E-state index in [9.17, 15) is 9.90 Å². The molecule has 0 bridgehead atoms. The molecule has 0 saturated heterocycles. The second-order valence-electron chi connectivity index (χ2n) is 3.28. The number of nitrogens with one attached hydrogen (secondary N) is 1. The summed E-state index contributed by atoms with van der Waals surface area (Å²) in [6.45, 7) is 0.881. The summed E-state index contributed by atoms with van der Waals surface area (Å²) in [5.74, 6) is -1.05. The van der Waals surface area contributed by atoms with Gasteiger partial charge in [0.1, 0.15) is 0 Å². The zero-order valence-corrected chi connectivity index (χ0v) is 7.69. The average molecular weight is 197 g/mol. The number of fused-ring (bicyclic) bond motifs is 1. The van der Waals surface area contributed by atoms with Gasteiger partial charge in [-0.15, -0.1) is 0 Å². The van der Waals surface area contributed by atoms with Crippen LogP contribution in [0, 0.1) is 0 Å². The number of aromatic nitrogens is 2. The Morgan fingerprint density at radius 2 is 2.43 bits per heavy atom. The zero-order chi connectivity index (χ0) is 10.3. The fourth-order valence-corrected chi connectivity index (χ4v) is 1.76. The molecule has 0 saturated carbocycles. The Bertz CT molecular complexity index is 385. The third kappa shape index (κ3) is 1.19. The molecule has 0 aromatic carbocycles. The maximum Gasteiger partial charge on any atom is 0.354 e. The van der Waals surface area contributed by atoms with E-state index in [0.29, 0.717) is 24.3 Å². The van der Waals surface area contributed by atoms with Gasteiger partial charge in [-0.3, -0.25) is 4.68 Å². The smallest absolute Gasteiger partial charge is 0.354 e. The molecule has 14 heavy (non-hydrogen) atoms. The number of aliphatic hydroxyl groups is 1. The standard InChI is InChI=1S/C8H11N3O3/c1-11-7(8(13)14)6-4(10-11)2-9-3-5(6)12/h5,9,12H,2-3H2,1H3,(H,13,14). The van der Waals surface area contributed by atoms with E-state index in [2.05, 4.69) is 10.4 Å². The monoisotopic (exact) mass is 197 g/mol. The SMILES string of the molecule is Cn1nc2c(c1C(=O)O)C(O)CNC2. The quantitative estimate of drug-likeness (QED) is 0.551. The first-order valence-electron chi connectivity index (χ1n) is 4.29. The van der Waals surface area contributed by atoms with E-state index < -0.39 is 12.1 Å². The second kappa shape index (κ2) is 3.07. The Morgan fingerprint density at radius 1 is 1.71 bits per heavy atom.